The number of hydrogen-bond acceptors (Lipinski definition) is 5. The van der Waals surface area contributed by atoms with E-state index in [2.05, 4.69) is 0 Å². The molecule has 0 amide bonds. The van der Waals surface area contributed by atoms with Gasteiger partial charge in [-0.3, -0.25) is 4.79 Å². The molecule has 0 aromatic heterocycles. The van der Waals surface area contributed by atoms with Crippen LogP contribution in [0.25, 0.3) is 0 Å². The van der Waals surface area contributed by atoms with Crippen LogP contribution in [0.3, 0.4) is 0 Å². The molecule has 92 valence electrons. The van der Waals surface area contributed by atoms with Gasteiger partial charge in [0.2, 0.25) is 0 Å². The van der Waals surface area contributed by atoms with Gasteiger partial charge < -0.3 is 26.0 Å². The van der Waals surface area contributed by atoms with Gasteiger partial charge in [0, 0.05) is 0 Å². The van der Waals surface area contributed by atoms with E-state index in [0.717, 1.165) is 0 Å². The third-order valence-electron chi connectivity index (χ3n) is 2.78. The number of carboxylic acid groups (broad SMARTS) is 1. The van der Waals surface area contributed by atoms with E-state index in [0.29, 0.717) is 22.9 Å². The van der Waals surface area contributed by atoms with Crippen molar-refractivity contribution in [1.82, 2.24) is 0 Å². The highest BCUT2D eigenvalue weighted by atomic mass is 16.6. The Morgan fingerprint density at radius 1 is 1.41 bits per heavy atom. The fourth-order valence-corrected chi connectivity index (χ4v) is 1.62. The lowest BCUT2D eigenvalue weighted by Crippen LogP contribution is -2.38. The molecule has 2 atom stereocenters. The van der Waals surface area contributed by atoms with Gasteiger partial charge in [-0.25, -0.2) is 0 Å². The molecule has 0 spiro atoms. The van der Waals surface area contributed by atoms with Gasteiger partial charge in [-0.1, -0.05) is 0 Å². The molecule has 0 fully saturated rings. The molecule has 1 aliphatic rings. The monoisotopic (exact) mass is 238 g/mol. The van der Waals surface area contributed by atoms with Crippen LogP contribution in [0.15, 0.2) is 12.1 Å². The third-order valence-corrected chi connectivity index (χ3v) is 2.78. The Hall–Kier alpha value is -2.11. The lowest BCUT2D eigenvalue weighted by Gasteiger charge is -2.30. The number of hydrogen-bond donors (Lipinski definition) is 3. The van der Waals surface area contributed by atoms with Crippen LogP contribution in [0.5, 0.6) is 11.5 Å². The molecule has 0 radical (unpaired) electrons. The number of benzene rings is 1. The summed E-state index contributed by atoms with van der Waals surface area (Å²) in [6.07, 6.45) is -0.566. The fourth-order valence-electron chi connectivity index (χ4n) is 1.62. The molecule has 1 heterocycles. The quantitative estimate of drug-likeness (QED) is 0.655. The summed E-state index contributed by atoms with van der Waals surface area (Å²) in [6, 6.07) is 3.23. The van der Waals surface area contributed by atoms with E-state index < -0.39 is 18.0 Å². The van der Waals surface area contributed by atoms with Gasteiger partial charge in [0.15, 0.2) is 11.5 Å². The normalized spacial score (nSPS) is 19.7. The van der Waals surface area contributed by atoms with Crippen molar-refractivity contribution in [3.05, 3.63) is 12.1 Å². The van der Waals surface area contributed by atoms with Crippen molar-refractivity contribution in [3.63, 3.8) is 0 Å². The number of carbonyl (C=O) groups is 1. The number of carboxylic acids is 1. The minimum Gasteiger partial charge on any atom is -0.484 e. The van der Waals surface area contributed by atoms with Crippen molar-refractivity contribution >= 4 is 17.3 Å². The highest BCUT2D eigenvalue weighted by molar-refractivity contribution is 5.73. The molecule has 1 aliphatic heterocycles. The predicted molar refractivity (Wildman–Crippen MR) is 62.0 cm³/mol. The zero-order valence-electron chi connectivity index (χ0n) is 9.34. The molecule has 17 heavy (non-hydrogen) atoms. The van der Waals surface area contributed by atoms with E-state index in [-0.39, 0.29) is 6.61 Å². The zero-order chi connectivity index (χ0) is 12.6. The second-order valence-corrected chi connectivity index (χ2v) is 4.00. The topological polar surface area (TPSA) is 108 Å². The SMILES string of the molecule is CC(C(=O)O)C1COc2c(N)ccc(N)c2O1. The molecule has 2 unspecified atom stereocenters. The lowest BCUT2D eigenvalue weighted by atomic mass is 10.0. The fraction of sp³-hybridized carbons (Fsp3) is 0.364. The molecule has 6 nitrogen and oxygen atoms in total. The van der Waals surface area contributed by atoms with Crippen LogP contribution < -0.4 is 20.9 Å². The maximum atomic E-state index is 10.9. The number of nitrogen functional groups attached to an aromatic ring is 2. The average molecular weight is 238 g/mol. The molecule has 5 N–H and O–H groups in total. The molecule has 6 heteroatoms. The first-order valence-corrected chi connectivity index (χ1v) is 5.21. The van der Waals surface area contributed by atoms with Crippen LogP contribution >= 0.6 is 0 Å². The minimum atomic E-state index is -0.940. The van der Waals surface area contributed by atoms with Crippen molar-refractivity contribution in [2.75, 3.05) is 18.1 Å². The van der Waals surface area contributed by atoms with E-state index in [4.69, 9.17) is 26.0 Å². The summed E-state index contributed by atoms with van der Waals surface area (Å²) >= 11 is 0. The highest BCUT2D eigenvalue weighted by Crippen LogP contribution is 2.42. The van der Waals surface area contributed by atoms with Crippen LogP contribution in [0.2, 0.25) is 0 Å². The summed E-state index contributed by atoms with van der Waals surface area (Å²) in [5.74, 6) is -0.901. The van der Waals surface area contributed by atoms with Crippen LogP contribution in [0.1, 0.15) is 6.92 Å². The van der Waals surface area contributed by atoms with Crippen LogP contribution in [-0.4, -0.2) is 23.8 Å². The van der Waals surface area contributed by atoms with Crippen molar-refractivity contribution in [1.29, 1.82) is 0 Å². The number of aliphatic carboxylic acids is 1. The number of nitrogens with two attached hydrogens (primary N) is 2. The molecule has 2 rings (SSSR count). The summed E-state index contributed by atoms with van der Waals surface area (Å²) in [6.45, 7) is 1.71. The Labute approximate surface area is 98.1 Å². The van der Waals surface area contributed by atoms with Crippen LogP contribution in [0.4, 0.5) is 11.4 Å². The highest BCUT2D eigenvalue weighted by Gasteiger charge is 2.32. The Balaban J connectivity index is 2.30. The second-order valence-electron chi connectivity index (χ2n) is 4.00. The molecule has 0 saturated heterocycles. The van der Waals surface area contributed by atoms with Crippen LogP contribution in [-0.2, 0) is 4.79 Å². The summed E-state index contributed by atoms with van der Waals surface area (Å²) in [4.78, 5) is 10.9. The van der Waals surface area contributed by atoms with Gasteiger partial charge in [-0.05, 0) is 19.1 Å². The van der Waals surface area contributed by atoms with E-state index in [1.807, 2.05) is 0 Å². The first kappa shape index (κ1) is 11.4. The smallest absolute Gasteiger partial charge is 0.310 e. The molecule has 0 saturated carbocycles. The van der Waals surface area contributed by atoms with Gasteiger partial charge in [-0.2, -0.15) is 0 Å². The molecule has 1 aromatic carbocycles. The van der Waals surface area contributed by atoms with Crippen molar-refractivity contribution in [2.24, 2.45) is 5.92 Å². The Bertz CT molecular complexity index is 461. The van der Waals surface area contributed by atoms with E-state index in [9.17, 15) is 4.79 Å². The van der Waals surface area contributed by atoms with Crippen LogP contribution in [0, 0.1) is 5.92 Å². The summed E-state index contributed by atoms with van der Waals surface area (Å²) < 4.78 is 11.0. The average Bonchev–Trinajstić information content (AvgIpc) is 2.32. The number of anilines is 2. The first-order chi connectivity index (χ1) is 8.00. The Morgan fingerprint density at radius 2 is 2.00 bits per heavy atom. The summed E-state index contributed by atoms with van der Waals surface area (Å²) in [7, 11) is 0. The summed E-state index contributed by atoms with van der Waals surface area (Å²) in [5, 5.41) is 8.91. The maximum absolute atomic E-state index is 10.9. The summed E-state index contributed by atoms with van der Waals surface area (Å²) in [5.41, 5.74) is 12.3. The minimum absolute atomic E-state index is 0.147. The van der Waals surface area contributed by atoms with Gasteiger partial charge in [0.25, 0.3) is 0 Å². The van der Waals surface area contributed by atoms with Gasteiger partial charge in [-0.15, -0.1) is 0 Å². The number of ether oxygens (including phenoxy) is 2. The van der Waals surface area contributed by atoms with Gasteiger partial charge in [0.05, 0.1) is 17.3 Å². The third kappa shape index (κ3) is 1.93. The maximum Gasteiger partial charge on any atom is 0.310 e. The zero-order valence-corrected chi connectivity index (χ0v) is 9.34. The molecule has 0 aliphatic carbocycles. The van der Waals surface area contributed by atoms with Gasteiger partial charge in [0.1, 0.15) is 12.7 Å². The van der Waals surface area contributed by atoms with Gasteiger partial charge >= 0.3 is 5.97 Å². The van der Waals surface area contributed by atoms with Crippen molar-refractivity contribution in [2.45, 2.75) is 13.0 Å². The van der Waals surface area contributed by atoms with Crippen molar-refractivity contribution in [3.8, 4) is 11.5 Å². The lowest BCUT2D eigenvalue weighted by molar-refractivity contribution is -0.145. The predicted octanol–water partition coefficient (Wildman–Crippen LogP) is 0.711. The molecule has 0 bridgehead atoms. The second kappa shape index (κ2) is 4.04. The Kier molecular flexibility index (Phi) is 2.71. The number of fused-ring (bicyclic) bond motifs is 1. The van der Waals surface area contributed by atoms with Crippen molar-refractivity contribution < 1.29 is 19.4 Å². The van der Waals surface area contributed by atoms with E-state index in [1.165, 1.54) is 0 Å². The largest absolute Gasteiger partial charge is 0.484 e. The van der Waals surface area contributed by atoms with E-state index in [1.54, 1.807) is 19.1 Å². The first-order valence-electron chi connectivity index (χ1n) is 5.21. The number of rotatable bonds is 2. The Morgan fingerprint density at radius 3 is 2.59 bits per heavy atom. The van der Waals surface area contributed by atoms with E-state index >= 15 is 0 Å². The molecular formula is C11H14N2O4. The standard InChI is InChI=1S/C11H14N2O4/c1-5(11(14)15)8-4-16-9-6(12)2-3-7(13)10(9)17-8/h2-3,5,8H,4,12-13H2,1H3,(H,14,15). The molecular weight excluding hydrogens is 224 g/mol. The molecule has 1 aromatic rings.